The van der Waals surface area contributed by atoms with E-state index in [1.807, 2.05) is 0 Å². The summed E-state index contributed by atoms with van der Waals surface area (Å²) >= 11 is 0. The molecule has 3 unspecified atom stereocenters. The van der Waals surface area contributed by atoms with Crippen molar-refractivity contribution in [1.82, 2.24) is 0 Å². The van der Waals surface area contributed by atoms with E-state index in [1.165, 1.54) is 276 Å². The zero-order chi connectivity index (χ0) is 75.5. The highest BCUT2D eigenvalue weighted by Gasteiger charge is 2.30. The van der Waals surface area contributed by atoms with Crippen LogP contribution >= 0.6 is 15.6 Å². The lowest BCUT2D eigenvalue weighted by molar-refractivity contribution is -0.161. The molecule has 0 saturated heterocycles. The number of phosphoric ester groups is 2. The maximum Gasteiger partial charge on any atom is 0.472 e. The number of rotatable bonds is 84. The second-order valence-corrected chi connectivity index (χ2v) is 33.4. The van der Waals surface area contributed by atoms with Crippen LogP contribution in [0.1, 0.15) is 452 Å². The third-order valence-corrected chi connectivity index (χ3v) is 22.0. The van der Waals surface area contributed by atoms with Crippen molar-refractivity contribution >= 4 is 39.5 Å². The van der Waals surface area contributed by atoms with E-state index >= 15 is 0 Å². The number of unbranched alkanes of at least 4 members (excludes halogenated alkanes) is 55. The Morgan fingerprint density at radius 1 is 0.272 bits per heavy atom. The van der Waals surface area contributed by atoms with Crippen LogP contribution in [0.25, 0.3) is 0 Å². The molecule has 0 aromatic rings. The number of aliphatic hydroxyl groups is 1. The maximum atomic E-state index is 13.1. The summed E-state index contributed by atoms with van der Waals surface area (Å²) in [5, 5.41) is 10.7. The highest BCUT2D eigenvalue weighted by Crippen LogP contribution is 2.45. The molecule has 6 atom stereocenters. The van der Waals surface area contributed by atoms with Gasteiger partial charge in [-0.05, 0) is 31.6 Å². The fraction of sp³-hybridized carbons (Fsp3) is 0.952. The molecule has 0 aliphatic heterocycles. The van der Waals surface area contributed by atoms with E-state index in [4.69, 9.17) is 37.0 Å². The summed E-state index contributed by atoms with van der Waals surface area (Å²) in [6.45, 7) is 7.41. The van der Waals surface area contributed by atoms with Crippen LogP contribution in [0.4, 0.5) is 0 Å². The second-order valence-electron chi connectivity index (χ2n) is 30.5. The van der Waals surface area contributed by atoms with Gasteiger partial charge in [-0.2, -0.15) is 0 Å². The fourth-order valence-corrected chi connectivity index (χ4v) is 14.7. The van der Waals surface area contributed by atoms with Crippen LogP contribution < -0.4 is 0 Å². The van der Waals surface area contributed by atoms with Gasteiger partial charge in [-0.3, -0.25) is 37.3 Å². The molecule has 0 saturated carbocycles. The van der Waals surface area contributed by atoms with Crippen LogP contribution in [-0.2, 0) is 65.4 Å². The smallest absolute Gasteiger partial charge is 0.462 e. The Morgan fingerprint density at radius 3 is 0.689 bits per heavy atom. The normalized spacial score (nSPS) is 14.1. The van der Waals surface area contributed by atoms with Gasteiger partial charge in [0.2, 0.25) is 0 Å². The number of hydrogen-bond acceptors (Lipinski definition) is 15. The largest absolute Gasteiger partial charge is 0.472 e. The van der Waals surface area contributed by atoms with Crippen LogP contribution in [0, 0.1) is 5.92 Å². The van der Waals surface area contributed by atoms with Crippen molar-refractivity contribution in [3.63, 3.8) is 0 Å². The van der Waals surface area contributed by atoms with Gasteiger partial charge >= 0.3 is 39.5 Å². The Hall–Kier alpha value is -1.94. The Balaban J connectivity index is 5.21. The van der Waals surface area contributed by atoms with Crippen molar-refractivity contribution in [1.29, 1.82) is 0 Å². The van der Waals surface area contributed by atoms with Crippen LogP contribution in [-0.4, -0.2) is 96.7 Å². The van der Waals surface area contributed by atoms with Crippen molar-refractivity contribution in [2.45, 2.75) is 470 Å². The molecule has 0 aromatic heterocycles. The van der Waals surface area contributed by atoms with Gasteiger partial charge in [0.25, 0.3) is 0 Å². The number of phosphoric acid groups is 2. The van der Waals surface area contributed by atoms with Crippen molar-refractivity contribution in [3.8, 4) is 0 Å². The van der Waals surface area contributed by atoms with Crippen LogP contribution in [0.15, 0.2) is 0 Å². The van der Waals surface area contributed by atoms with Crippen LogP contribution in [0.2, 0.25) is 0 Å². The average molecular weight is 1510 g/mol. The number of esters is 4. The Kier molecular flexibility index (Phi) is 75.4. The molecule has 0 aliphatic rings. The number of carbonyl (C=O) groups excluding carboxylic acids is 4. The first-order chi connectivity index (χ1) is 50.1. The van der Waals surface area contributed by atoms with Gasteiger partial charge in [0.05, 0.1) is 26.4 Å². The molecule has 0 heterocycles. The summed E-state index contributed by atoms with van der Waals surface area (Å²) in [4.78, 5) is 73.1. The van der Waals surface area contributed by atoms with E-state index in [0.717, 1.165) is 95.8 Å². The minimum atomic E-state index is -4.96. The standard InChI is InChI=1S/C84H164O17P2/c1-6-10-13-16-19-22-25-27-29-32-36-40-43-48-53-58-63-68-82(87)95-74-80(101-84(89)70-65-60-55-50-45-41-37-34-31-30-33-35-38-42-46-51-56-61-66-77(5)9-4)76-99-103(92,93)97-72-78(85)71-96-102(90,91)98-75-79(73-94-81(86)67-62-57-52-47-24-21-18-15-12-8-3)100-83(88)69-64-59-54-49-44-39-28-26-23-20-17-14-11-7-2/h77-80,85H,6-76H2,1-5H3,(H,90,91)(H,92,93)/t77?,78-,79+,80+/m0/s1. The number of aliphatic hydroxyl groups excluding tert-OH is 1. The van der Waals surface area contributed by atoms with Crippen molar-refractivity contribution < 1.29 is 80.2 Å². The molecule has 0 spiro atoms. The number of ether oxygens (including phenoxy) is 4. The van der Waals surface area contributed by atoms with Crippen LogP contribution in [0.5, 0.6) is 0 Å². The highest BCUT2D eigenvalue weighted by molar-refractivity contribution is 7.47. The first-order valence-electron chi connectivity index (χ1n) is 43.7. The number of carbonyl (C=O) groups is 4. The molecule has 17 nitrogen and oxygen atoms in total. The molecule has 612 valence electrons. The summed E-state index contributed by atoms with van der Waals surface area (Å²) in [5.74, 6) is -1.23. The monoisotopic (exact) mass is 1510 g/mol. The maximum absolute atomic E-state index is 13.1. The van der Waals surface area contributed by atoms with E-state index in [-0.39, 0.29) is 25.7 Å². The molecule has 103 heavy (non-hydrogen) atoms. The van der Waals surface area contributed by atoms with E-state index in [9.17, 15) is 43.2 Å². The molecule has 0 rings (SSSR count). The van der Waals surface area contributed by atoms with E-state index < -0.39 is 97.5 Å². The molecule has 19 heteroatoms. The van der Waals surface area contributed by atoms with Gasteiger partial charge in [-0.1, -0.05) is 401 Å². The Bertz CT molecular complexity index is 1960. The first-order valence-corrected chi connectivity index (χ1v) is 46.7. The molecule has 3 N–H and O–H groups in total. The molecule has 0 radical (unpaired) electrons. The lowest BCUT2D eigenvalue weighted by atomic mass is 9.99. The summed E-state index contributed by atoms with van der Waals surface area (Å²) in [5.41, 5.74) is 0. The molecular formula is C84H164O17P2. The predicted molar refractivity (Wildman–Crippen MR) is 423 cm³/mol. The molecule has 0 fully saturated rings. The number of hydrogen-bond donors (Lipinski definition) is 3. The first kappa shape index (κ1) is 101. The zero-order valence-corrected chi connectivity index (χ0v) is 69.3. The minimum Gasteiger partial charge on any atom is -0.462 e. The summed E-state index contributed by atoms with van der Waals surface area (Å²) < 4.78 is 68.8. The van der Waals surface area contributed by atoms with Gasteiger partial charge in [0.1, 0.15) is 19.3 Å². The summed E-state index contributed by atoms with van der Waals surface area (Å²) in [6.07, 6.45) is 69.3. The topological polar surface area (TPSA) is 237 Å². The zero-order valence-electron chi connectivity index (χ0n) is 67.5. The lowest BCUT2D eigenvalue weighted by Gasteiger charge is -2.21. The highest BCUT2D eigenvalue weighted by atomic mass is 31.2. The average Bonchev–Trinajstić information content (AvgIpc) is 0.912. The predicted octanol–water partition coefficient (Wildman–Crippen LogP) is 25.6. The van der Waals surface area contributed by atoms with Crippen molar-refractivity contribution in [3.05, 3.63) is 0 Å². The van der Waals surface area contributed by atoms with Gasteiger partial charge in [0, 0.05) is 25.7 Å². The Morgan fingerprint density at radius 2 is 0.466 bits per heavy atom. The third-order valence-electron chi connectivity index (χ3n) is 20.1. The molecule has 0 aliphatic carbocycles. The van der Waals surface area contributed by atoms with Crippen molar-refractivity contribution in [2.24, 2.45) is 5.92 Å². The van der Waals surface area contributed by atoms with Crippen LogP contribution in [0.3, 0.4) is 0 Å². The Labute approximate surface area is 632 Å². The van der Waals surface area contributed by atoms with E-state index in [0.29, 0.717) is 25.7 Å². The molecular weight excluding hydrogens is 1340 g/mol. The van der Waals surface area contributed by atoms with Gasteiger partial charge in [-0.15, -0.1) is 0 Å². The quantitative estimate of drug-likeness (QED) is 0.0222. The van der Waals surface area contributed by atoms with Gasteiger partial charge < -0.3 is 33.8 Å². The summed E-state index contributed by atoms with van der Waals surface area (Å²) in [6, 6.07) is 0. The van der Waals surface area contributed by atoms with E-state index in [2.05, 4.69) is 34.6 Å². The second kappa shape index (κ2) is 76.8. The molecule has 0 aromatic carbocycles. The SMILES string of the molecule is CCCCCCCCCCCCCCCCCCCC(=O)OC[C@H](COP(=O)(O)OC[C@@H](O)COP(=O)(O)OC[C@@H](COC(=O)CCCCCCCCCCCC)OC(=O)CCCCCCCCCCCCCCCC)OC(=O)CCCCCCCCCCCCCCCCCCCCC(C)CC. The van der Waals surface area contributed by atoms with E-state index in [1.54, 1.807) is 0 Å². The third kappa shape index (κ3) is 76.6. The fourth-order valence-electron chi connectivity index (χ4n) is 13.1. The lowest BCUT2D eigenvalue weighted by Crippen LogP contribution is -2.30. The summed E-state index contributed by atoms with van der Waals surface area (Å²) in [7, 11) is -9.92. The van der Waals surface area contributed by atoms with Gasteiger partial charge in [-0.25, -0.2) is 9.13 Å². The minimum absolute atomic E-state index is 0.109. The molecule has 0 amide bonds. The van der Waals surface area contributed by atoms with Gasteiger partial charge in [0.15, 0.2) is 12.2 Å². The van der Waals surface area contributed by atoms with Crippen molar-refractivity contribution in [2.75, 3.05) is 39.6 Å². The molecule has 0 bridgehead atoms.